The summed E-state index contributed by atoms with van der Waals surface area (Å²) in [6.07, 6.45) is 2.24. The predicted octanol–water partition coefficient (Wildman–Crippen LogP) is 4.12. The van der Waals surface area contributed by atoms with E-state index in [2.05, 4.69) is 20.4 Å². The van der Waals surface area contributed by atoms with E-state index in [4.69, 9.17) is 0 Å². The van der Waals surface area contributed by atoms with Crippen molar-refractivity contribution in [2.24, 2.45) is 0 Å². The number of hydrogen-bond acceptors (Lipinski definition) is 7. The van der Waals surface area contributed by atoms with Gasteiger partial charge in [0.15, 0.2) is 5.16 Å². The number of rotatable bonds is 7. The lowest BCUT2D eigenvalue weighted by atomic mass is 10.2. The van der Waals surface area contributed by atoms with Crippen LogP contribution in [0.15, 0.2) is 47.6 Å². The number of nitro groups is 1. The summed E-state index contributed by atoms with van der Waals surface area (Å²) < 4.78 is 1.99. The van der Waals surface area contributed by atoms with Crippen molar-refractivity contribution in [3.8, 4) is 5.69 Å². The molecular weight excluding hydrogens is 428 g/mol. The quantitative estimate of drug-likeness (QED) is 0.326. The topological polar surface area (TPSA) is 106 Å². The largest absolute Gasteiger partial charge is 0.341 e. The number of thioether (sulfide) groups is 1. The molecule has 32 heavy (non-hydrogen) atoms. The fourth-order valence-electron chi connectivity index (χ4n) is 3.57. The molecule has 1 amide bonds. The van der Waals surface area contributed by atoms with Crippen molar-refractivity contribution in [3.63, 3.8) is 0 Å². The number of anilines is 2. The molecular formula is C22H24N6O3S. The van der Waals surface area contributed by atoms with Crippen LogP contribution in [0.1, 0.15) is 24.0 Å². The van der Waals surface area contributed by atoms with Crippen LogP contribution in [0, 0.1) is 24.0 Å². The van der Waals surface area contributed by atoms with Crippen molar-refractivity contribution < 1.29 is 9.72 Å². The van der Waals surface area contributed by atoms with Gasteiger partial charge in [0.25, 0.3) is 5.69 Å². The highest BCUT2D eigenvalue weighted by Crippen LogP contribution is 2.29. The fraction of sp³-hybridized carbons (Fsp3) is 0.318. The lowest BCUT2D eigenvalue weighted by molar-refractivity contribution is -0.384. The Hall–Kier alpha value is -3.40. The summed E-state index contributed by atoms with van der Waals surface area (Å²) >= 11 is 1.29. The van der Waals surface area contributed by atoms with E-state index < -0.39 is 4.92 Å². The molecule has 0 saturated carbocycles. The fourth-order valence-corrected chi connectivity index (χ4v) is 4.32. The second-order valence-corrected chi connectivity index (χ2v) is 8.68. The van der Waals surface area contributed by atoms with Gasteiger partial charge in [-0.15, -0.1) is 10.2 Å². The molecule has 1 N–H and O–H groups in total. The minimum Gasteiger partial charge on any atom is -0.341 e. The summed E-state index contributed by atoms with van der Waals surface area (Å²) in [7, 11) is 0. The SMILES string of the molecule is Cc1ccc(-n2c(SCC(=O)Nc3cc([N+](=O)[O-])ccc3C)nnc2N2CCCC2)cc1. The van der Waals surface area contributed by atoms with Gasteiger partial charge < -0.3 is 10.2 Å². The van der Waals surface area contributed by atoms with Crippen LogP contribution in [0.4, 0.5) is 17.3 Å². The van der Waals surface area contributed by atoms with Crippen LogP contribution in [0.3, 0.4) is 0 Å². The first-order chi connectivity index (χ1) is 15.4. The number of non-ortho nitro benzene ring substituents is 1. The first-order valence-electron chi connectivity index (χ1n) is 10.4. The van der Waals surface area contributed by atoms with Crippen LogP contribution in [-0.4, -0.2) is 44.4 Å². The van der Waals surface area contributed by atoms with E-state index in [0.29, 0.717) is 10.8 Å². The van der Waals surface area contributed by atoms with Gasteiger partial charge in [0.05, 0.1) is 22.1 Å². The first kappa shape index (κ1) is 21.8. The lowest BCUT2D eigenvalue weighted by Crippen LogP contribution is -2.22. The van der Waals surface area contributed by atoms with Crippen molar-refractivity contribution in [3.05, 3.63) is 63.7 Å². The highest BCUT2D eigenvalue weighted by molar-refractivity contribution is 7.99. The third-order valence-corrected chi connectivity index (χ3v) is 6.26. The Labute approximate surface area is 190 Å². The molecule has 4 rings (SSSR count). The molecule has 0 unspecified atom stereocenters. The summed E-state index contributed by atoms with van der Waals surface area (Å²) in [4.78, 5) is 25.4. The highest BCUT2D eigenvalue weighted by atomic mass is 32.2. The third kappa shape index (κ3) is 4.75. The van der Waals surface area contributed by atoms with E-state index in [-0.39, 0.29) is 17.3 Å². The molecule has 1 fully saturated rings. The lowest BCUT2D eigenvalue weighted by Gasteiger charge is -2.18. The second kappa shape index (κ2) is 9.39. The summed E-state index contributed by atoms with van der Waals surface area (Å²) in [5.74, 6) is 0.620. The standard InChI is InChI=1S/C22H24N6O3S/c1-15-5-8-17(9-6-15)27-21(26-11-3-4-12-26)24-25-22(27)32-14-20(29)23-19-13-18(28(30)31)10-7-16(19)2/h5-10,13H,3-4,11-12,14H2,1-2H3,(H,23,29). The molecule has 10 heteroatoms. The van der Waals surface area contributed by atoms with Crippen molar-refractivity contribution in [1.29, 1.82) is 0 Å². The Balaban J connectivity index is 1.53. The molecule has 1 aliphatic heterocycles. The summed E-state index contributed by atoms with van der Waals surface area (Å²) in [5.41, 5.74) is 3.23. The minimum absolute atomic E-state index is 0.0621. The van der Waals surface area contributed by atoms with Gasteiger partial charge in [0.2, 0.25) is 11.9 Å². The average molecular weight is 453 g/mol. The number of carbonyl (C=O) groups is 1. The van der Waals surface area contributed by atoms with Crippen molar-refractivity contribution in [2.75, 3.05) is 29.1 Å². The van der Waals surface area contributed by atoms with E-state index in [0.717, 1.165) is 48.7 Å². The van der Waals surface area contributed by atoms with E-state index in [1.54, 1.807) is 13.0 Å². The van der Waals surface area contributed by atoms with E-state index in [1.807, 2.05) is 35.8 Å². The molecule has 1 aliphatic rings. The molecule has 0 atom stereocenters. The maximum absolute atomic E-state index is 12.6. The van der Waals surface area contributed by atoms with E-state index >= 15 is 0 Å². The third-order valence-electron chi connectivity index (χ3n) is 5.34. The zero-order valence-corrected chi connectivity index (χ0v) is 18.8. The number of hydrogen-bond donors (Lipinski definition) is 1. The number of nitrogens with one attached hydrogen (secondary N) is 1. The summed E-state index contributed by atoms with van der Waals surface area (Å²) in [5, 5.41) is 23.2. The van der Waals surface area contributed by atoms with Crippen LogP contribution in [0.25, 0.3) is 5.69 Å². The number of benzene rings is 2. The number of nitrogens with zero attached hydrogens (tertiary/aromatic N) is 5. The molecule has 9 nitrogen and oxygen atoms in total. The highest BCUT2D eigenvalue weighted by Gasteiger charge is 2.23. The zero-order valence-electron chi connectivity index (χ0n) is 17.9. The van der Waals surface area contributed by atoms with Gasteiger partial charge >= 0.3 is 0 Å². The average Bonchev–Trinajstić information content (AvgIpc) is 3.44. The summed E-state index contributed by atoms with van der Waals surface area (Å²) in [6, 6.07) is 12.5. The Kier molecular flexibility index (Phi) is 6.40. The van der Waals surface area contributed by atoms with Gasteiger partial charge in [0, 0.05) is 25.2 Å². The smallest absolute Gasteiger partial charge is 0.271 e. The van der Waals surface area contributed by atoms with E-state index in [1.165, 1.54) is 23.9 Å². The molecule has 166 valence electrons. The van der Waals surface area contributed by atoms with Gasteiger partial charge in [0.1, 0.15) is 0 Å². The molecule has 2 heterocycles. The number of amides is 1. The number of aryl methyl sites for hydroxylation is 2. The Bertz CT molecular complexity index is 1140. The van der Waals surface area contributed by atoms with Gasteiger partial charge in [-0.25, -0.2) is 0 Å². The van der Waals surface area contributed by atoms with Crippen LogP contribution in [0.5, 0.6) is 0 Å². The Morgan fingerprint density at radius 1 is 1.12 bits per heavy atom. The predicted molar refractivity (Wildman–Crippen MR) is 125 cm³/mol. The zero-order chi connectivity index (χ0) is 22.7. The number of carbonyl (C=O) groups excluding carboxylic acids is 1. The van der Waals surface area contributed by atoms with Gasteiger partial charge in [-0.05, 0) is 44.4 Å². The van der Waals surface area contributed by atoms with Gasteiger partial charge in [-0.2, -0.15) is 0 Å². The van der Waals surface area contributed by atoms with Crippen molar-refractivity contribution >= 4 is 35.0 Å². The number of aromatic nitrogens is 3. The molecule has 0 spiro atoms. The van der Waals surface area contributed by atoms with Crippen molar-refractivity contribution in [1.82, 2.24) is 14.8 Å². The maximum Gasteiger partial charge on any atom is 0.271 e. The van der Waals surface area contributed by atoms with Crippen LogP contribution in [0.2, 0.25) is 0 Å². The van der Waals surface area contributed by atoms with E-state index in [9.17, 15) is 14.9 Å². The number of nitro benzene ring substituents is 1. The molecule has 1 saturated heterocycles. The second-order valence-electron chi connectivity index (χ2n) is 7.74. The normalized spacial score (nSPS) is 13.4. The molecule has 0 aliphatic carbocycles. The van der Waals surface area contributed by atoms with Crippen LogP contribution < -0.4 is 10.2 Å². The van der Waals surface area contributed by atoms with Gasteiger partial charge in [-0.3, -0.25) is 19.5 Å². The summed E-state index contributed by atoms with van der Waals surface area (Å²) in [6.45, 7) is 5.69. The molecule has 2 aromatic carbocycles. The van der Waals surface area contributed by atoms with Crippen LogP contribution >= 0.6 is 11.8 Å². The minimum atomic E-state index is -0.478. The Morgan fingerprint density at radius 2 is 1.84 bits per heavy atom. The van der Waals surface area contributed by atoms with Gasteiger partial charge in [-0.1, -0.05) is 35.5 Å². The molecule has 0 bridgehead atoms. The van der Waals surface area contributed by atoms with Crippen LogP contribution in [-0.2, 0) is 4.79 Å². The molecule has 1 aromatic heterocycles. The van der Waals surface area contributed by atoms with Crippen molar-refractivity contribution in [2.45, 2.75) is 31.8 Å². The molecule has 3 aromatic rings. The first-order valence-corrected chi connectivity index (χ1v) is 11.4. The Morgan fingerprint density at radius 3 is 2.53 bits per heavy atom. The maximum atomic E-state index is 12.6. The molecule has 0 radical (unpaired) electrons. The monoisotopic (exact) mass is 452 g/mol.